The first-order chi connectivity index (χ1) is 8.73. The molecule has 0 fully saturated rings. The summed E-state index contributed by atoms with van der Waals surface area (Å²) in [6.07, 6.45) is -0.448. The van der Waals surface area contributed by atoms with E-state index in [-0.39, 0.29) is 6.04 Å². The highest BCUT2D eigenvalue weighted by atomic mass is 16.6. The number of ether oxygens (including phenoxy) is 2. The Kier molecular flexibility index (Phi) is 4.87. The highest BCUT2D eigenvalue weighted by Crippen LogP contribution is 2.17. The Labute approximate surface area is 115 Å². The SMILES string of the molecule is [B]c1ccc(C(C)NC(=O)OC(C)(C)C)cc1OC. The zero-order chi connectivity index (χ0) is 14.6. The Hall–Kier alpha value is -1.65. The molecule has 1 aromatic carbocycles. The minimum Gasteiger partial charge on any atom is -0.497 e. The minimum atomic E-state index is -0.511. The van der Waals surface area contributed by atoms with Crippen molar-refractivity contribution in [2.24, 2.45) is 0 Å². The molecule has 0 aliphatic carbocycles. The van der Waals surface area contributed by atoms with Crippen molar-refractivity contribution in [3.05, 3.63) is 23.8 Å². The summed E-state index contributed by atoms with van der Waals surface area (Å²) < 4.78 is 10.4. The van der Waals surface area contributed by atoms with Gasteiger partial charge in [0, 0.05) is 0 Å². The number of carbonyl (C=O) groups excluding carboxylic acids is 1. The Bertz CT molecular complexity index is 454. The Morgan fingerprint density at radius 1 is 1.37 bits per heavy atom. The summed E-state index contributed by atoms with van der Waals surface area (Å²) in [5, 5.41) is 2.77. The summed E-state index contributed by atoms with van der Waals surface area (Å²) in [5.74, 6) is 0.593. The fraction of sp³-hybridized carbons (Fsp3) is 0.500. The van der Waals surface area contributed by atoms with Gasteiger partial charge in [-0.25, -0.2) is 4.79 Å². The second-order valence-corrected chi connectivity index (χ2v) is 5.37. The molecule has 1 unspecified atom stereocenters. The molecule has 1 rings (SSSR count). The van der Waals surface area contributed by atoms with Crippen LogP contribution in [-0.4, -0.2) is 26.7 Å². The molecular weight excluding hydrogens is 241 g/mol. The Morgan fingerprint density at radius 2 is 2.00 bits per heavy atom. The number of rotatable bonds is 3. The van der Waals surface area contributed by atoms with E-state index in [2.05, 4.69) is 5.32 Å². The van der Waals surface area contributed by atoms with Crippen LogP contribution < -0.4 is 15.5 Å². The fourth-order valence-corrected chi connectivity index (χ4v) is 1.56. The van der Waals surface area contributed by atoms with E-state index in [4.69, 9.17) is 17.3 Å². The third kappa shape index (κ3) is 4.85. The molecule has 0 saturated carbocycles. The van der Waals surface area contributed by atoms with Gasteiger partial charge in [-0.15, -0.1) is 0 Å². The molecule has 1 atom stereocenters. The van der Waals surface area contributed by atoms with Gasteiger partial charge in [-0.1, -0.05) is 17.6 Å². The lowest BCUT2D eigenvalue weighted by atomic mass is 9.92. The van der Waals surface area contributed by atoms with Crippen LogP contribution in [0.1, 0.15) is 39.3 Å². The number of alkyl carbamates (subject to hydrolysis) is 1. The number of amides is 1. The van der Waals surface area contributed by atoms with E-state index in [1.165, 1.54) is 0 Å². The molecule has 0 heterocycles. The molecule has 1 aromatic rings. The predicted molar refractivity (Wildman–Crippen MR) is 76.2 cm³/mol. The lowest BCUT2D eigenvalue weighted by Gasteiger charge is -2.22. The van der Waals surface area contributed by atoms with Gasteiger partial charge in [0.1, 0.15) is 19.2 Å². The first-order valence-corrected chi connectivity index (χ1v) is 6.16. The van der Waals surface area contributed by atoms with Crippen LogP contribution in [0.25, 0.3) is 0 Å². The lowest BCUT2D eigenvalue weighted by molar-refractivity contribution is 0.0508. The maximum atomic E-state index is 11.7. The van der Waals surface area contributed by atoms with Gasteiger partial charge in [0.2, 0.25) is 0 Å². The quantitative estimate of drug-likeness (QED) is 0.847. The van der Waals surface area contributed by atoms with Crippen LogP contribution in [-0.2, 0) is 4.74 Å². The van der Waals surface area contributed by atoms with E-state index >= 15 is 0 Å². The number of hydrogen-bond donors (Lipinski definition) is 1. The number of hydrogen-bond acceptors (Lipinski definition) is 3. The van der Waals surface area contributed by atoms with Gasteiger partial charge in [0.05, 0.1) is 13.2 Å². The van der Waals surface area contributed by atoms with Crippen molar-refractivity contribution in [3.63, 3.8) is 0 Å². The van der Waals surface area contributed by atoms with E-state index in [0.29, 0.717) is 11.2 Å². The van der Waals surface area contributed by atoms with Gasteiger partial charge in [-0.2, -0.15) is 0 Å². The molecule has 5 heteroatoms. The summed E-state index contributed by atoms with van der Waals surface area (Å²) >= 11 is 0. The summed E-state index contributed by atoms with van der Waals surface area (Å²) in [6.45, 7) is 7.34. The normalized spacial score (nSPS) is 12.7. The van der Waals surface area contributed by atoms with Gasteiger partial charge in [0.15, 0.2) is 0 Å². The van der Waals surface area contributed by atoms with E-state index in [1.54, 1.807) is 19.2 Å². The van der Waals surface area contributed by atoms with E-state index in [9.17, 15) is 4.79 Å². The lowest BCUT2D eigenvalue weighted by Crippen LogP contribution is -2.34. The largest absolute Gasteiger partial charge is 0.497 e. The maximum Gasteiger partial charge on any atom is 0.408 e. The average Bonchev–Trinajstić information content (AvgIpc) is 2.26. The van der Waals surface area contributed by atoms with Crippen molar-refractivity contribution < 1.29 is 14.3 Å². The summed E-state index contributed by atoms with van der Waals surface area (Å²) in [6, 6.07) is 5.21. The molecule has 0 aliphatic heterocycles. The Balaban J connectivity index is 2.73. The van der Waals surface area contributed by atoms with Gasteiger partial charge in [-0.3, -0.25) is 0 Å². The van der Waals surface area contributed by atoms with Crippen LogP contribution in [0.15, 0.2) is 18.2 Å². The van der Waals surface area contributed by atoms with Crippen LogP contribution in [0.5, 0.6) is 5.75 Å². The van der Waals surface area contributed by atoms with Crippen LogP contribution in [0.3, 0.4) is 0 Å². The van der Waals surface area contributed by atoms with Gasteiger partial charge >= 0.3 is 6.09 Å². The second-order valence-electron chi connectivity index (χ2n) is 5.37. The highest BCUT2D eigenvalue weighted by molar-refractivity contribution is 6.34. The first kappa shape index (κ1) is 15.4. The number of carbonyl (C=O) groups is 1. The van der Waals surface area contributed by atoms with Crippen molar-refractivity contribution in [1.82, 2.24) is 5.32 Å². The maximum absolute atomic E-state index is 11.7. The highest BCUT2D eigenvalue weighted by Gasteiger charge is 2.18. The third-order valence-corrected chi connectivity index (χ3v) is 2.49. The smallest absolute Gasteiger partial charge is 0.408 e. The summed E-state index contributed by atoms with van der Waals surface area (Å²) in [4.78, 5) is 11.7. The number of benzene rings is 1. The van der Waals surface area contributed by atoms with Crippen molar-refractivity contribution in [3.8, 4) is 5.75 Å². The second kappa shape index (κ2) is 6.00. The van der Waals surface area contributed by atoms with Crippen molar-refractivity contribution in [2.75, 3.05) is 7.11 Å². The molecular formula is C14H20BNO3. The predicted octanol–water partition coefficient (Wildman–Crippen LogP) is 2.07. The molecule has 0 saturated heterocycles. The molecule has 102 valence electrons. The number of methoxy groups -OCH3 is 1. The monoisotopic (exact) mass is 261 g/mol. The van der Waals surface area contributed by atoms with Crippen molar-refractivity contribution in [1.29, 1.82) is 0 Å². The fourth-order valence-electron chi connectivity index (χ4n) is 1.56. The molecule has 1 amide bonds. The van der Waals surface area contributed by atoms with E-state index in [1.807, 2.05) is 33.8 Å². The standard InChI is InChI=1S/C14H20BNO3/c1-9(16-13(17)19-14(2,3)4)10-6-7-11(15)12(8-10)18-5/h6-9H,1-5H3,(H,16,17). The van der Waals surface area contributed by atoms with E-state index < -0.39 is 11.7 Å². The molecule has 0 spiro atoms. The molecule has 19 heavy (non-hydrogen) atoms. The summed E-state index contributed by atoms with van der Waals surface area (Å²) in [7, 11) is 7.30. The molecule has 2 radical (unpaired) electrons. The van der Waals surface area contributed by atoms with Crippen LogP contribution in [0.2, 0.25) is 0 Å². The molecule has 0 aromatic heterocycles. The first-order valence-electron chi connectivity index (χ1n) is 6.16. The zero-order valence-corrected chi connectivity index (χ0v) is 12.1. The van der Waals surface area contributed by atoms with Gasteiger partial charge < -0.3 is 14.8 Å². The van der Waals surface area contributed by atoms with Crippen LogP contribution >= 0.6 is 0 Å². The zero-order valence-electron chi connectivity index (χ0n) is 12.1. The third-order valence-electron chi connectivity index (χ3n) is 2.49. The molecule has 0 aliphatic rings. The van der Waals surface area contributed by atoms with E-state index in [0.717, 1.165) is 5.56 Å². The van der Waals surface area contributed by atoms with Crippen LogP contribution in [0.4, 0.5) is 4.79 Å². The number of nitrogens with one attached hydrogen (secondary N) is 1. The average molecular weight is 261 g/mol. The topological polar surface area (TPSA) is 47.6 Å². The minimum absolute atomic E-state index is 0.190. The van der Waals surface area contributed by atoms with Gasteiger partial charge in [0.25, 0.3) is 0 Å². The molecule has 0 bridgehead atoms. The molecule has 4 nitrogen and oxygen atoms in total. The van der Waals surface area contributed by atoms with Crippen molar-refractivity contribution >= 4 is 19.4 Å². The Morgan fingerprint density at radius 3 is 2.53 bits per heavy atom. The summed E-state index contributed by atoms with van der Waals surface area (Å²) in [5.41, 5.74) is 0.954. The van der Waals surface area contributed by atoms with Crippen LogP contribution in [0, 0.1) is 0 Å². The van der Waals surface area contributed by atoms with Crippen molar-refractivity contribution in [2.45, 2.75) is 39.3 Å². The molecule has 1 N–H and O–H groups in total. The van der Waals surface area contributed by atoms with Gasteiger partial charge in [-0.05, 0) is 39.3 Å².